The summed E-state index contributed by atoms with van der Waals surface area (Å²) in [5.74, 6) is 1.15. The Hall–Kier alpha value is -2.65. The van der Waals surface area contributed by atoms with Gasteiger partial charge in [-0.3, -0.25) is 9.59 Å². The highest BCUT2D eigenvalue weighted by Crippen LogP contribution is 2.29. The van der Waals surface area contributed by atoms with Gasteiger partial charge in [0.1, 0.15) is 11.5 Å². The van der Waals surface area contributed by atoms with Crippen LogP contribution in [0, 0.1) is 12.8 Å². The number of carbonyl (C=O) groups excluding carboxylic acids is 2. The zero-order chi connectivity index (χ0) is 22.0. The summed E-state index contributed by atoms with van der Waals surface area (Å²) >= 11 is 0. The van der Waals surface area contributed by atoms with Crippen LogP contribution in [0.2, 0.25) is 0 Å². The van der Waals surface area contributed by atoms with Gasteiger partial charge in [-0.1, -0.05) is 0 Å². The fourth-order valence-electron chi connectivity index (χ4n) is 4.12. The van der Waals surface area contributed by atoms with E-state index in [4.69, 9.17) is 4.42 Å². The largest absolute Gasteiger partial charge is 0.465 e. The highest BCUT2D eigenvalue weighted by atomic mass is 32.2. The van der Waals surface area contributed by atoms with E-state index < -0.39 is 10.0 Å². The first kappa shape index (κ1) is 21.6. The zero-order valence-corrected chi connectivity index (χ0v) is 18.3. The first-order valence-electron chi connectivity index (χ1n) is 10.6. The standard InChI is InChI=1S/C22H27N3O5S/c1-15-5-6-18(30-15)14-23-22(27)16-9-11-25(12-10-16)31(28,29)19-7-8-20-17(13-19)3-2-4-21(26)24-20/h5-8,13,16H,2-4,9-12,14H2,1H3,(H,23,27)(H,24,26). The number of hydrogen-bond acceptors (Lipinski definition) is 5. The van der Waals surface area contributed by atoms with Gasteiger partial charge in [0.15, 0.2) is 0 Å². The van der Waals surface area contributed by atoms with E-state index in [9.17, 15) is 18.0 Å². The number of furan rings is 1. The predicted octanol–water partition coefficient (Wildman–Crippen LogP) is 2.58. The highest BCUT2D eigenvalue weighted by Gasteiger charge is 2.32. The Morgan fingerprint density at radius 1 is 1.19 bits per heavy atom. The fraction of sp³-hybridized carbons (Fsp3) is 0.455. The smallest absolute Gasteiger partial charge is 0.243 e. The summed E-state index contributed by atoms with van der Waals surface area (Å²) in [6, 6.07) is 8.56. The molecule has 1 saturated heterocycles. The predicted molar refractivity (Wildman–Crippen MR) is 115 cm³/mol. The lowest BCUT2D eigenvalue weighted by Gasteiger charge is -2.30. The number of rotatable bonds is 5. The van der Waals surface area contributed by atoms with Crippen LogP contribution in [-0.2, 0) is 32.6 Å². The Balaban J connectivity index is 1.37. The molecule has 2 aliphatic rings. The lowest BCUT2D eigenvalue weighted by molar-refractivity contribution is -0.126. The van der Waals surface area contributed by atoms with E-state index in [1.165, 1.54) is 4.31 Å². The monoisotopic (exact) mass is 445 g/mol. The third-order valence-corrected chi connectivity index (χ3v) is 7.79. The number of sulfonamides is 1. The molecule has 31 heavy (non-hydrogen) atoms. The van der Waals surface area contributed by atoms with Crippen molar-refractivity contribution in [2.45, 2.75) is 50.5 Å². The number of piperidine rings is 1. The van der Waals surface area contributed by atoms with Gasteiger partial charge in [0, 0.05) is 31.1 Å². The van der Waals surface area contributed by atoms with Crippen molar-refractivity contribution in [2.75, 3.05) is 18.4 Å². The topological polar surface area (TPSA) is 109 Å². The molecule has 9 heteroatoms. The van der Waals surface area contributed by atoms with Crippen molar-refractivity contribution in [2.24, 2.45) is 5.92 Å². The van der Waals surface area contributed by atoms with Gasteiger partial charge >= 0.3 is 0 Å². The van der Waals surface area contributed by atoms with Crippen molar-refractivity contribution in [1.82, 2.24) is 9.62 Å². The highest BCUT2D eigenvalue weighted by molar-refractivity contribution is 7.89. The van der Waals surface area contributed by atoms with Gasteiger partial charge in [0.25, 0.3) is 0 Å². The van der Waals surface area contributed by atoms with Crippen LogP contribution in [0.15, 0.2) is 39.6 Å². The number of nitrogens with zero attached hydrogens (tertiary/aromatic N) is 1. The van der Waals surface area contributed by atoms with Gasteiger partial charge in [0.05, 0.1) is 11.4 Å². The van der Waals surface area contributed by atoms with Crippen molar-refractivity contribution in [3.63, 3.8) is 0 Å². The Morgan fingerprint density at radius 2 is 1.97 bits per heavy atom. The van der Waals surface area contributed by atoms with E-state index >= 15 is 0 Å². The lowest BCUT2D eigenvalue weighted by atomic mass is 9.97. The number of anilines is 1. The summed E-state index contributed by atoms with van der Waals surface area (Å²) in [4.78, 5) is 24.4. The molecule has 0 aliphatic carbocycles. The summed E-state index contributed by atoms with van der Waals surface area (Å²) < 4.78 is 33.2. The van der Waals surface area contributed by atoms with Crippen molar-refractivity contribution in [1.29, 1.82) is 0 Å². The molecule has 2 aromatic rings. The van der Waals surface area contributed by atoms with Crippen LogP contribution < -0.4 is 10.6 Å². The average Bonchev–Trinajstić information content (AvgIpc) is 3.08. The number of benzene rings is 1. The normalized spacial score (nSPS) is 18.2. The van der Waals surface area contributed by atoms with E-state index in [-0.39, 0.29) is 22.6 Å². The van der Waals surface area contributed by atoms with Gasteiger partial charge in [-0.25, -0.2) is 8.42 Å². The van der Waals surface area contributed by atoms with Gasteiger partial charge in [0.2, 0.25) is 21.8 Å². The number of carbonyl (C=O) groups is 2. The molecule has 0 atom stereocenters. The SMILES string of the molecule is Cc1ccc(CNC(=O)C2CCN(S(=O)(=O)c3ccc4c(c3)CCCC(=O)N4)CC2)o1. The van der Waals surface area contributed by atoms with Crippen LogP contribution in [0.5, 0.6) is 0 Å². The molecule has 8 nitrogen and oxygen atoms in total. The molecule has 4 rings (SSSR count). The minimum absolute atomic E-state index is 0.0445. The minimum Gasteiger partial charge on any atom is -0.465 e. The molecular formula is C22H27N3O5S. The van der Waals surface area contributed by atoms with Crippen molar-refractivity contribution in [3.05, 3.63) is 47.4 Å². The van der Waals surface area contributed by atoms with Crippen molar-refractivity contribution >= 4 is 27.5 Å². The molecule has 0 bridgehead atoms. The molecule has 1 fully saturated rings. The van der Waals surface area contributed by atoms with E-state index in [0.29, 0.717) is 63.2 Å². The van der Waals surface area contributed by atoms with Crippen LogP contribution >= 0.6 is 0 Å². The van der Waals surface area contributed by atoms with Crippen LogP contribution in [0.4, 0.5) is 5.69 Å². The van der Waals surface area contributed by atoms with Gasteiger partial charge < -0.3 is 15.1 Å². The molecule has 2 N–H and O–H groups in total. The van der Waals surface area contributed by atoms with Crippen molar-refractivity contribution in [3.8, 4) is 0 Å². The summed E-state index contributed by atoms with van der Waals surface area (Å²) in [5.41, 5.74) is 1.53. The summed E-state index contributed by atoms with van der Waals surface area (Å²) in [6.45, 7) is 2.78. The second-order valence-corrected chi connectivity index (χ2v) is 10.1. The first-order chi connectivity index (χ1) is 14.8. The molecule has 0 radical (unpaired) electrons. The van der Waals surface area contributed by atoms with E-state index in [0.717, 1.165) is 11.3 Å². The zero-order valence-electron chi connectivity index (χ0n) is 17.5. The maximum absolute atomic E-state index is 13.1. The van der Waals surface area contributed by atoms with Gasteiger partial charge in [-0.15, -0.1) is 0 Å². The molecule has 2 aliphatic heterocycles. The minimum atomic E-state index is -3.65. The maximum atomic E-state index is 13.1. The third-order valence-electron chi connectivity index (χ3n) is 5.90. The molecular weight excluding hydrogens is 418 g/mol. The van der Waals surface area contributed by atoms with Crippen LogP contribution in [0.25, 0.3) is 0 Å². The van der Waals surface area contributed by atoms with Crippen LogP contribution in [-0.4, -0.2) is 37.6 Å². The molecule has 1 aromatic heterocycles. The summed E-state index contributed by atoms with van der Waals surface area (Å²) in [5, 5.41) is 5.70. The fourth-order valence-corrected chi connectivity index (χ4v) is 5.64. The number of amides is 2. The van der Waals surface area contributed by atoms with Crippen LogP contribution in [0.3, 0.4) is 0 Å². The van der Waals surface area contributed by atoms with Gasteiger partial charge in [-0.2, -0.15) is 4.31 Å². The third kappa shape index (κ3) is 4.83. The Bertz CT molecular complexity index is 1080. The number of aryl methyl sites for hydroxylation is 2. The number of nitrogens with one attached hydrogen (secondary N) is 2. The Labute approximate surface area is 182 Å². The Morgan fingerprint density at radius 3 is 2.68 bits per heavy atom. The van der Waals surface area contributed by atoms with E-state index in [2.05, 4.69) is 10.6 Å². The molecule has 0 spiro atoms. The molecule has 166 valence electrons. The van der Waals surface area contributed by atoms with Crippen molar-refractivity contribution < 1.29 is 22.4 Å². The molecule has 1 aromatic carbocycles. The molecule has 3 heterocycles. The average molecular weight is 446 g/mol. The molecule has 2 amide bonds. The first-order valence-corrected chi connectivity index (χ1v) is 12.0. The second kappa shape index (κ2) is 8.84. The molecule has 0 unspecified atom stereocenters. The van der Waals surface area contributed by atoms with E-state index in [1.54, 1.807) is 18.2 Å². The van der Waals surface area contributed by atoms with Crippen LogP contribution in [0.1, 0.15) is 42.8 Å². The quantitative estimate of drug-likeness (QED) is 0.735. The second-order valence-electron chi connectivity index (χ2n) is 8.13. The summed E-state index contributed by atoms with van der Waals surface area (Å²) in [6.07, 6.45) is 2.74. The van der Waals surface area contributed by atoms with E-state index in [1.807, 2.05) is 19.1 Å². The number of fused-ring (bicyclic) bond motifs is 1. The lowest BCUT2D eigenvalue weighted by Crippen LogP contribution is -2.42. The van der Waals surface area contributed by atoms with Gasteiger partial charge in [-0.05, 0) is 68.5 Å². The maximum Gasteiger partial charge on any atom is 0.243 e. The Kier molecular flexibility index (Phi) is 6.15. The number of hydrogen-bond donors (Lipinski definition) is 2. The molecule has 0 saturated carbocycles. The summed E-state index contributed by atoms with van der Waals surface area (Å²) in [7, 11) is -3.65.